The van der Waals surface area contributed by atoms with E-state index < -0.39 is 8.56 Å². The summed E-state index contributed by atoms with van der Waals surface area (Å²) in [6.07, 6.45) is 2.42. The van der Waals surface area contributed by atoms with Crippen molar-refractivity contribution < 1.29 is 8.85 Å². The Labute approximate surface area is 117 Å². The van der Waals surface area contributed by atoms with Gasteiger partial charge in [-0.2, -0.15) is 0 Å². The number of hydrogen-bond acceptors (Lipinski definition) is 3. The molecule has 1 atom stereocenters. The number of para-hydroxylation sites is 1. The quantitative estimate of drug-likeness (QED) is 0.791. The summed E-state index contributed by atoms with van der Waals surface area (Å²) in [5.74, 6) is 0. The highest BCUT2D eigenvalue weighted by Crippen LogP contribution is 2.21. The highest BCUT2D eigenvalue weighted by Gasteiger charge is 2.31. The van der Waals surface area contributed by atoms with E-state index in [1.165, 1.54) is 18.5 Å². The van der Waals surface area contributed by atoms with Gasteiger partial charge in [-0.3, -0.25) is 0 Å². The first-order valence-electron chi connectivity index (χ1n) is 7.31. The molecule has 0 aromatic heterocycles. The lowest BCUT2D eigenvalue weighted by molar-refractivity contribution is 0.185. The van der Waals surface area contributed by atoms with Gasteiger partial charge in [-0.05, 0) is 44.5 Å². The molecule has 106 valence electrons. The monoisotopic (exact) mass is 279 g/mol. The molecule has 0 radical (unpaired) electrons. The SMILES string of the molecule is CCO[Si]1(C)CCCCN(c2ccccc2)CCO1. The van der Waals surface area contributed by atoms with Gasteiger partial charge < -0.3 is 13.8 Å². The molecule has 0 amide bonds. The Bertz CT molecular complexity index is 374. The zero-order valence-corrected chi connectivity index (χ0v) is 13.1. The van der Waals surface area contributed by atoms with E-state index in [-0.39, 0.29) is 0 Å². The Morgan fingerprint density at radius 1 is 1.21 bits per heavy atom. The summed E-state index contributed by atoms with van der Waals surface area (Å²) in [5.41, 5.74) is 1.30. The number of hydrogen-bond donors (Lipinski definition) is 0. The lowest BCUT2D eigenvalue weighted by Crippen LogP contribution is -2.40. The molecule has 1 unspecified atom stereocenters. The van der Waals surface area contributed by atoms with Crippen molar-refractivity contribution in [2.75, 3.05) is 31.2 Å². The average Bonchev–Trinajstić information content (AvgIpc) is 2.51. The van der Waals surface area contributed by atoms with Crippen LogP contribution in [0.25, 0.3) is 0 Å². The third-order valence-corrected chi connectivity index (χ3v) is 6.62. The number of benzene rings is 1. The van der Waals surface area contributed by atoms with Gasteiger partial charge in [0.2, 0.25) is 0 Å². The zero-order valence-electron chi connectivity index (χ0n) is 12.1. The molecule has 0 bridgehead atoms. The van der Waals surface area contributed by atoms with Crippen LogP contribution < -0.4 is 4.90 Å². The van der Waals surface area contributed by atoms with Gasteiger partial charge in [0.1, 0.15) is 0 Å². The third kappa shape index (κ3) is 4.33. The minimum atomic E-state index is -1.91. The summed E-state index contributed by atoms with van der Waals surface area (Å²) in [5, 5.41) is 0. The number of rotatable bonds is 3. The number of anilines is 1. The van der Waals surface area contributed by atoms with Crippen LogP contribution in [-0.2, 0) is 8.85 Å². The van der Waals surface area contributed by atoms with Gasteiger partial charge in [-0.1, -0.05) is 18.2 Å². The first kappa shape index (κ1) is 14.6. The molecule has 0 aliphatic carbocycles. The summed E-state index contributed by atoms with van der Waals surface area (Å²) < 4.78 is 12.0. The smallest absolute Gasteiger partial charge is 0.334 e. The van der Waals surface area contributed by atoms with Crippen molar-refractivity contribution in [1.29, 1.82) is 0 Å². The molecular weight excluding hydrogens is 254 g/mol. The van der Waals surface area contributed by atoms with Crippen molar-refractivity contribution in [2.24, 2.45) is 0 Å². The number of nitrogens with zero attached hydrogens (tertiary/aromatic N) is 1. The molecule has 1 aliphatic rings. The standard InChI is InChI=1S/C15H25NO2Si/c1-3-17-19(2)14-8-7-11-16(12-13-18-19)15-9-5-4-6-10-15/h4-6,9-10H,3,7-8,11-14H2,1-2H3. The van der Waals surface area contributed by atoms with Crippen LogP contribution in [-0.4, -0.2) is 34.9 Å². The molecule has 19 heavy (non-hydrogen) atoms. The van der Waals surface area contributed by atoms with Crippen LogP contribution in [0.4, 0.5) is 5.69 Å². The Morgan fingerprint density at radius 3 is 2.74 bits per heavy atom. The summed E-state index contributed by atoms with van der Waals surface area (Å²) in [6, 6.07) is 11.7. The largest absolute Gasteiger partial charge is 0.395 e. The molecule has 0 saturated carbocycles. The highest BCUT2D eigenvalue weighted by atomic mass is 28.4. The maximum absolute atomic E-state index is 6.12. The molecule has 2 rings (SSSR count). The normalized spacial score (nSPS) is 25.5. The van der Waals surface area contributed by atoms with E-state index in [1.54, 1.807) is 0 Å². The first-order valence-corrected chi connectivity index (χ1v) is 9.84. The lowest BCUT2D eigenvalue weighted by Gasteiger charge is -2.27. The maximum atomic E-state index is 6.12. The van der Waals surface area contributed by atoms with E-state index in [9.17, 15) is 0 Å². The van der Waals surface area contributed by atoms with Crippen molar-refractivity contribution in [1.82, 2.24) is 0 Å². The first-order chi connectivity index (χ1) is 9.23. The van der Waals surface area contributed by atoms with Crippen LogP contribution in [0, 0.1) is 0 Å². The molecule has 3 nitrogen and oxygen atoms in total. The Hall–Kier alpha value is -0.843. The fourth-order valence-electron chi connectivity index (χ4n) is 2.62. The van der Waals surface area contributed by atoms with Gasteiger partial charge in [0.05, 0.1) is 6.61 Å². The van der Waals surface area contributed by atoms with Crippen LogP contribution in [0.15, 0.2) is 30.3 Å². The van der Waals surface area contributed by atoms with Crippen LogP contribution in [0.5, 0.6) is 0 Å². The molecular formula is C15H25NO2Si. The molecule has 1 fully saturated rings. The Morgan fingerprint density at radius 2 is 2.00 bits per heavy atom. The van der Waals surface area contributed by atoms with Gasteiger partial charge in [0.25, 0.3) is 0 Å². The van der Waals surface area contributed by atoms with Gasteiger partial charge >= 0.3 is 8.56 Å². The van der Waals surface area contributed by atoms with E-state index in [4.69, 9.17) is 8.85 Å². The summed E-state index contributed by atoms with van der Waals surface area (Å²) >= 11 is 0. The molecule has 1 heterocycles. The van der Waals surface area contributed by atoms with Crippen molar-refractivity contribution in [3.05, 3.63) is 30.3 Å². The second kappa shape index (κ2) is 7.08. The second-order valence-corrected chi connectivity index (χ2v) is 8.54. The molecule has 4 heteroatoms. The van der Waals surface area contributed by atoms with Gasteiger partial charge in [-0.15, -0.1) is 0 Å². The van der Waals surface area contributed by atoms with Crippen LogP contribution >= 0.6 is 0 Å². The Kier molecular flexibility index (Phi) is 5.42. The fourth-order valence-corrected chi connectivity index (χ4v) is 5.02. The fraction of sp³-hybridized carbons (Fsp3) is 0.600. The van der Waals surface area contributed by atoms with Crippen molar-refractivity contribution >= 4 is 14.2 Å². The average molecular weight is 279 g/mol. The minimum Gasteiger partial charge on any atom is -0.395 e. The predicted molar refractivity (Wildman–Crippen MR) is 81.9 cm³/mol. The van der Waals surface area contributed by atoms with Gasteiger partial charge in [0, 0.05) is 25.4 Å². The maximum Gasteiger partial charge on any atom is 0.334 e. The lowest BCUT2D eigenvalue weighted by atomic mass is 10.2. The van der Waals surface area contributed by atoms with Gasteiger partial charge in [0.15, 0.2) is 0 Å². The second-order valence-electron chi connectivity index (χ2n) is 5.19. The predicted octanol–water partition coefficient (Wildman–Crippen LogP) is 3.41. The van der Waals surface area contributed by atoms with E-state index in [1.807, 2.05) is 0 Å². The van der Waals surface area contributed by atoms with Crippen LogP contribution in [0.1, 0.15) is 19.8 Å². The van der Waals surface area contributed by atoms with Crippen LogP contribution in [0.2, 0.25) is 12.6 Å². The van der Waals surface area contributed by atoms with Crippen molar-refractivity contribution in [2.45, 2.75) is 32.4 Å². The molecule has 1 saturated heterocycles. The van der Waals surface area contributed by atoms with Crippen LogP contribution in [0.3, 0.4) is 0 Å². The van der Waals surface area contributed by atoms with Crippen molar-refractivity contribution in [3.63, 3.8) is 0 Å². The summed E-state index contributed by atoms with van der Waals surface area (Å²) in [7, 11) is -1.91. The minimum absolute atomic E-state index is 0.769. The molecule has 1 aromatic carbocycles. The van der Waals surface area contributed by atoms with E-state index in [0.29, 0.717) is 0 Å². The van der Waals surface area contributed by atoms with E-state index in [2.05, 4.69) is 48.7 Å². The molecule has 1 aliphatic heterocycles. The molecule has 0 N–H and O–H groups in total. The third-order valence-electron chi connectivity index (χ3n) is 3.65. The van der Waals surface area contributed by atoms with Crippen molar-refractivity contribution in [3.8, 4) is 0 Å². The van der Waals surface area contributed by atoms with Gasteiger partial charge in [-0.25, -0.2) is 0 Å². The van der Waals surface area contributed by atoms with E-state index in [0.717, 1.165) is 32.3 Å². The molecule has 1 aromatic rings. The van der Waals surface area contributed by atoms with E-state index >= 15 is 0 Å². The topological polar surface area (TPSA) is 21.7 Å². The highest BCUT2D eigenvalue weighted by molar-refractivity contribution is 6.66. The molecule has 0 spiro atoms. The summed E-state index contributed by atoms with van der Waals surface area (Å²) in [4.78, 5) is 2.42. The Balaban J connectivity index is 1.97. The zero-order chi connectivity index (χ0) is 13.6. The summed E-state index contributed by atoms with van der Waals surface area (Å²) in [6.45, 7) is 7.88.